The number of nitro benzene ring substituents is 1. The standard InChI is InChI=1S/C14H18F2N2O2/c1-9-2-4-10(5-3-9)17-13-7-6-11(18(19)20)8-12(13)14(15)16/h6-10,14,17H,2-5H2,1H3. The number of hydrogen-bond acceptors (Lipinski definition) is 3. The van der Waals surface area contributed by atoms with Gasteiger partial charge in [0, 0.05) is 29.4 Å². The highest BCUT2D eigenvalue weighted by Crippen LogP contribution is 2.33. The third-order valence-electron chi connectivity index (χ3n) is 3.86. The molecule has 1 saturated carbocycles. The van der Waals surface area contributed by atoms with Crippen LogP contribution in [-0.4, -0.2) is 11.0 Å². The number of alkyl halides is 2. The van der Waals surface area contributed by atoms with Crippen molar-refractivity contribution in [2.24, 2.45) is 5.92 Å². The number of nitrogens with zero attached hydrogens (tertiary/aromatic N) is 1. The summed E-state index contributed by atoms with van der Waals surface area (Å²) in [4.78, 5) is 10.00. The highest BCUT2D eigenvalue weighted by molar-refractivity contribution is 5.57. The lowest BCUT2D eigenvalue weighted by atomic mass is 9.87. The van der Waals surface area contributed by atoms with Crippen molar-refractivity contribution < 1.29 is 13.7 Å². The second kappa shape index (κ2) is 6.15. The summed E-state index contributed by atoms with van der Waals surface area (Å²) in [5, 5.41) is 13.8. The molecule has 1 aliphatic rings. The summed E-state index contributed by atoms with van der Waals surface area (Å²) in [6.45, 7) is 2.19. The highest BCUT2D eigenvalue weighted by Gasteiger charge is 2.22. The van der Waals surface area contributed by atoms with E-state index in [1.54, 1.807) is 0 Å². The topological polar surface area (TPSA) is 55.2 Å². The van der Waals surface area contributed by atoms with Gasteiger partial charge in [-0.3, -0.25) is 10.1 Å². The molecule has 2 rings (SSSR count). The first kappa shape index (κ1) is 14.7. The third kappa shape index (κ3) is 3.43. The normalized spacial score (nSPS) is 22.8. The van der Waals surface area contributed by atoms with Crippen LogP contribution in [0.15, 0.2) is 18.2 Å². The van der Waals surface area contributed by atoms with Gasteiger partial charge in [0.05, 0.1) is 4.92 Å². The van der Waals surface area contributed by atoms with E-state index in [1.165, 1.54) is 12.1 Å². The van der Waals surface area contributed by atoms with Gasteiger partial charge in [-0.05, 0) is 37.7 Å². The van der Waals surface area contributed by atoms with Gasteiger partial charge in [0.15, 0.2) is 0 Å². The molecule has 0 heterocycles. The molecule has 0 atom stereocenters. The van der Waals surface area contributed by atoms with Gasteiger partial charge in [-0.25, -0.2) is 8.78 Å². The zero-order valence-corrected chi connectivity index (χ0v) is 11.3. The van der Waals surface area contributed by atoms with Crippen molar-refractivity contribution >= 4 is 11.4 Å². The number of halogens is 2. The molecule has 0 amide bonds. The molecule has 0 spiro atoms. The van der Waals surface area contributed by atoms with E-state index in [-0.39, 0.29) is 17.3 Å². The van der Waals surface area contributed by atoms with E-state index in [0.717, 1.165) is 31.7 Å². The number of rotatable bonds is 4. The molecule has 1 N–H and O–H groups in total. The van der Waals surface area contributed by atoms with Crippen LogP contribution in [0.25, 0.3) is 0 Å². The van der Waals surface area contributed by atoms with Crippen molar-refractivity contribution in [3.05, 3.63) is 33.9 Å². The number of nitro groups is 1. The van der Waals surface area contributed by atoms with Gasteiger partial charge in [-0.2, -0.15) is 0 Å². The molecule has 20 heavy (non-hydrogen) atoms. The molecule has 0 aliphatic heterocycles. The Kier molecular flexibility index (Phi) is 4.52. The second-order valence-corrected chi connectivity index (χ2v) is 5.43. The summed E-state index contributed by atoms with van der Waals surface area (Å²) in [6, 6.07) is 3.78. The van der Waals surface area contributed by atoms with Gasteiger partial charge < -0.3 is 5.32 Å². The Bertz CT molecular complexity index is 486. The quantitative estimate of drug-likeness (QED) is 0.653. The van der Waals surface area contributed by atoms with Gasteiger partial charge >= 0.3 is 0 Å². The fourth-order valence-electron chi connectivity index (χ4n) is 2.60. The molecule has 1 aliphatic carbocycles. The first-order chi connectivity index (χ1) is 9.47. The zero-order chi connectivity index (χ0) is 14.7. The van der Waals surface area contributed by atoms with E-state index in [2.05, 4.69) is 12.2 Å². The van der Waals surface area contributed by atoms with E-state index in [0.29, 0.717) is 11.6 Å². The largest absolute Gasteiger partial charge is 0.382 e. The van der Waals surface area contributed by atoms with Crippen molar-refractivity contribution in [3.8, 4) is 0 Å². The number of nitrogens with one attached hydrogen (secondary N) is 1. The number of anilines is 1. The van der Waals surface area contributed by atoms with E-state index in [9.17, 15) is 18.9 Å². The summed E-state index contributed by atoms with van der Waals surface area (Å²) >= 11 is 0. The zero-order valence-electron chi connectivity index (χ0n) is 11.3. The Balaban J connectivity index is 2.16. The lowest BCUT2D eigenvalue weighted by Gasteiger charge is -2.28. The summed E-state index contributed by atoms with van der Waals surface area (Å²) in [7, 11) is 0. The Hall–Kier alpha value is -1.72. The van der Waals surface area contributed by atoms with E-state index < -0.39 is 11.3 Å². The number of hydrogen-bond donors (Lipinski definition) is 1. The maximum atomic E-state index is 13.0. The average Bonchev–Trinajstić information content (AvgIpc) is 2.41. The summed E-state index contributed by atoms with van der Waals surface area (Å²) in [5.41, 5.74) is -0.286. The van der Waals surface area contributed by atoms with Crippen LogP contribution in [0.3, 0.4) is 0 Å². The van der Waals surface area contributed by atoms with Gasteiger partial charge in [-0.15, -0.1) is 0 Å². The lowest BCUT2D eigenvalue weighted by molar-refractivity contribution is -0.385. The van der Waals surface area contributed by atoms with Crippen LogP contribution in [0.4, 0.5) is 20.2 Å². The van der Waals surface area contributed by atoms with Crippen molar-refractivity contribution in [2.75, 3.05) is 5.32 Å². The Morgan fingerprint density at radius 3 is 2.50 bits per heavy atom. The Morgan fingerprint density at radius 1 is 1.30 bits per heavy atom. The molecule has 4 nitrogen and oxygen atoms in total. The predicted molar refractivity (Wildman–Crippen MR) is 73.1 cm³/mol. The molecule has 0 radical (unpaired) electrons. The van der Waals surface area contributed by atoms with Crippen LogP contribution in [0, 0.1) is 16.0 Å². The second-order valence-electron chi connectivity index (χ2n) is 5.43. The minimum Gasteiger partial charge on any atom is -0.382 e. The predicted octanol–water partition coefficient (Wildman–Crippen LogP) is 4.52. The maximum absolute atomic E-state index is 13.0. The lowest BCUT2D eigenvalue weighted by Crippen LogP contribution is -2.25. The number of benzene rings is 1. The van der Waals surface area contributed by atoms with Crippen LogP contribution >= 0.6 is 0 Å². The third-order valence-corrected chi connectivity index (χ3v) is 3.86. The van der Waals surface area contributed by atoms with Gasteiger partial charge in [0.25, 0.3) is 12.1 Å². The molecule has 110 valence electrons. The van der Waals surface area contributed by atoms with Crippen molar-refractivity contribution in [1.29, 1.82) is 0 Å². The Morgan fingerprint density at radius 2 is 1.95 bits per heavy atom. The minimum atomic E-state index is -2.72. The summed E-state index contributed by atoms with van der Waals surface area (Å²) in [5.74, 6) is 0.680. The van der Waals surface area contributed by atoms with Gasteiger partial charge in [0.2, 0.25) is 0 Å². The molecule has 1 aromatic carbocycles. The smallest absolute Gasteiger partial charge is 0.270 e. The molecular formula is C14H18F2N2O2. The minimum absolute atomic E-state index is 0.171. The SMILES string of the molecule is CC1CCC(Nc2ccc([N+](=O)[O-])cc2C(F)F)CC1. The summed E-state index contributed by atoms with van der Waals surface area (Å²) in [6.07, 6.45) is 1.32. The average molecular weight is 284 g/mol. The molecule has 0 unspecified atom stereocenters. The fraction of sp³-hybridized carbons (Fsp3) is 0.571. The first-order valence-electron chi connectivity index (χ1n) is 6.80. The van der Waals surface area contributed by atoms with E-state index in [1.807, 2.05) is 0 Å². The van der Waals surface area contributed by atoms with Crippen LogP contribution in [-0.2, 0) is 0 Å². The number of non-ortho nitro benzene ring substituents is 1. The van der Waals surface area contributed by atoms with Crippen LogP contribution in [0.5, 0.6) is 0 Å². The molecular weight excluding hydrogens is 266 g/mol. The molecule has 6 heteroatoms. The van der Waals surface area contributed by atoms with E-state index >= 15 is 0 Å². The molecule has 0 bridgehead atoms. The highest BCUT2D eigenvalue weighted by atomic mass is 19.3. The van der Waals surface area contributed by atoms with Crippen molar-refractivity contribution in [2.45, 2.75) is 45.1 Å². The van der Waals surface area contributed by atoms with Gasteiger partial charge in [0.1, 0.15) is 0 Å². The van der Waals surface area contributed by atoms with Crippen molar-refractivity contribution in [3.63, 3.8) is 0 Å². The van der Waals surface area contributed by atoms with Crippen molar-refractivity contribution in [1.82, 2.24) is 0 Å². The van der Waals surface area contributed by atoms with E-state index in [4.69, 9.17) is 0 Å². The monoisotopic (exact) mass is 284 g/mol. The fourth-order valence-corrected chi connectivity index (χ4v) is 2.60. The maximum Gasteiger partial charge on any atom is 0.270 e. The molecule has 1 fully saturated rings. The molecule has 0 saturated heterocycles. The van der Waals surface area contributed by atoms with Gasteiger partial charge in [-0.1, -0.05) is 6.92 Å². The molecule has 0 aromatic heterocycles. The van der Waals surface area contributed by atoms with Crippen LogP contribution in [0.2, 0.25) is 0 Å². The molecule has 1 aromatic rings. The Labute approximate surface area is 116 Å². The summed E-state index contributed by atoms with van der Waals surface area (Å²) < 4.78 is 26.0. The van der Waals surface area contributed by atoms with Crippen LogP contribution in [0.1, 0.15) is 44.6 Å². The first-order valence-corrected chi connectivity index (χ1v) is 6.80. The van der Waals surface area contributed by atoms with Crippen LogP contribution < -0.4 is 5.32 Å².